The van der Waals surface area contributed by atoms with Crippen LogP contribution in [-0.4, -0.2) is 8.42 Å². The molecule has 2 aromatic rings. The molecule has 3 N–H and O–H groups in total. The zero-order valence-corrected chi connectivity index (χ0v) is 9.78. The maximum absolute atomic E-state index is 11.0. The van der Waals surface area contributed by atoms with E-state index < -0.39 is 10.0 Å². The summed E-state index contributed by atoms with van der Waals surface area (Å²) < 4.78 is 27.0. The van der Waals surface area contributed by atoms with Crippen LogP contribution in [0, 0.1) is 0 Å². The smallest absolute Gasteiger partial charge is 0.238 e. The van der Waals surface area contributed by atoms with Crippen LogP contribution in [-0.2, 0) is 16.6 Å². The number of hydrogen-bond acceptors (Lipinski definition) is 4. The molecule has 0 bridgehead atoms. The van der Waals surface area contributed by atoms with Gasteiger partial charge in [-0.2, -0.15) is 0 Å². The minimum Gasteiger partial charge on any atom is -0.472 e. The average molecular weight is 252 g/mol. The van der Waals surface area contributed by atoms with Gasteiger partial charge < -0.3 is 9.73 Å². The molecular formula is C11H12N2O3S. The highest BCUT2D eigenvalue weighted by molar-refractivity contribution is 7.89. The molecule has 1 aromatic heterocycles. The maximum Gasteiger partial charge on any atom is 0.238 e. The van der Waals surface area contributed by atoms with Gasteiger partial charge in [0.05, 0.1) is 17.4 Å². The van der Waals surface area contributed by atoms with Gasteiger partial charge in [0.2, 0.25) is 10.0 Å². The molecule has 0 aliphatic rings. The van der Waals surface area contributed by atoms with Crippen molar-refractivity contribution in [1.82, 2.24) is 0 Å². The molecule has 0 fully saturated rings. The van der Waals surface area contributed by atoms with Crippen molar-refractivity contribution in [2.75, 3.05) is 5.32 Å². The standard InChI is InChI=1S/C11H12N2O3S/c12-17(14,15)11-3-1-10(2-4-11)13-7-9-5-6-16-8-9/h1-6,8,13H,7H2,(H2,12,14,15). The number of furan rings is 1. The predicted molar refractivity (Wildman–Crippen MR) is 63.8 cm³/mol. The number of primary sulfonamides is 1. The minimum atomic E-state index is -3.62. The van der Waals surface area contributed by atoms with Crippen molar-refractivity contribution < 1.29 is 12.8 Å². The summed E-state index contributed by atoms with van der Waals surface area (Å²) in [5.74, 6) is 0. The monoisotopic (exact) mass is 252 g/mol. The van der Waals surface area contributed by atoms with E-state index in [9.17, 15) is 8.42 Å². The zero-order chi connectivity index (χ0) is 12.3. The molecule has 1 heterocycles. The third-order valence-corrected chi connectivity index (χ3v) is 3.19. The molecule has 1 aromatic carbocycles. The Labute approximate surface area is 99.3 Å². The highest BCUT2D eigenvalue weighted by Crippen LogP contribution is 2.13. The largest absolute Gasteiger partial charge is 0.472 e. The minimum absolute atomic E-state index is 0.103. The second-order valence-corrected chi connectivity index (χ2v) is 5.12. The van der Waals surface area contributed by atoms with E-state index in [0.29, 0.717) is 6.54 Å². The van der Waals surface area contributed by atoms with E-state index in [1.807, 2.05) is 6.07 Å². The highest BCUT2D eigenvalue weighted by Gasteiger charge is 2.06. The zero-order valence-electron chi connectivity index (χ0n) is 8.96. The Hall–Kier alpha value is -1.79. The van der Waals surface area contributed by atoms with Gasteiger partial charge >= 0.3 is 0 Å². The Balaban J connectivity index is 2.04. The lowest BCUT2D eigenvalue weighted by atomic mass is 10.3. The average Bonchev–Trinajstić information content (AvgIpc) is 2.78. The lowest BCUT2D eigenvalue weighted by molar-refractivity contribution is 0.564. The van der Waals surface area contributed by atoms with E-state index in [-0.39, 0.29) is 4.90 Å². The highest BCUT2D eigenvalue weighted by atomic mass is 32.2. The Bertz CT molecular complexity index is 574. The molecule has 0 aliphatic heterocycles. The second kappa shape index (κ2) is 4.60. The lowest BCUT2D eigenvalue weighted by Crippen LogP contribution is -2.11. The van der Waals surface area contributed by atoms with Gasteiger partial charge in [0.25, 0.3) is 0 Å². The van der Waals surface area contributed by atoms with Crippen molar-refractivity contribution in [3.8, 4) is 0 Å². The first-order valence-electron chi connectivity index (χ1n) is 4.93. The number of anilines is 1. The fraction of sp³-hybridized carbons (Fsp3) is 0.0909. The lowest BCUT2D eigenvalue weighted by Gasteiger charge is -2.05. The summed E-state index contributed by atoms with van der Waals surface area (Å²) in [6.45, 7) is 0.616. The Kier molecular flexibility index (Phi) is 3.16. The van der Waals surface area contributed by atoms with Crippen molar-refractivity contribution in [1.29, 1.82) is 0 Å². The van der Waals surface area contributed by atoms with Crippen molar-refractivity contribution >= 4 is 15.7 Å². The van der Waals surface area contributed by atoms with Gasteiger partial charge in [-0.3, -0.25) is 0 Å². The normalized spacial score (nSPS) is 11.4. The summed E-state index contributed by atoms with van der Waals surface area (Å²) in [7, 11) is -3.62. The first kappa shape index (κ1) is 11.7. The molecule has 6 heteroatoms. The molecule has 5 nitrogen and oxygen atoms in total. The van der Waals surface area contributed by atoms with Crippen LogP contribution < -0.4 is 10.5 Å². The Morgan fingerprint density at radius 1 is 1.18 bits per heavy atom. The topological polar surface area (TPSA) is 85.3 Å². The van der Waals surface area contributed by atoms with Crippen molar-refractivity contribution in [3.63, 3.8) is 0 Å². The van der Waals surface area contributed by atoms with E-state index in [0.717, 1.165) is 11.3 Å². The van der Waals surface area contributed by atoms with Gasteiger partial charge in [0, 0.05) is 17.8 Å². The molecule has 0 spiro atoms. The molecule has 0 atom stereocenters. The van der Waals surface area contributed by atoms with Gasteiger partial charge in [-0.25, -0.2) is 13.6 Å². The summed E-state index contributed by atoms with van der Waals surface area (Å²) in [6.07, 6.45) is 3.24. The van der Waals surface area contributed by atoms with Crippen molar-refractivity contribution in [3.05, 3.63) is 48.4 Å². The molecular weight excluding hydrogens is 240 g/mol. The van der Waals surface area contributed by atoms with Crippen LogP contribution in [0.2, 0.25) is 0 Å². The molecule has 0 saturated carbocycles. The van der Waals surface area contributed by atoms with Crippen LogP contribution >= 0.6 is 0 Å². The number of nitrogens with one attached hydrogen (secondary N) is 1. The van der Waals surface area contributed by atoms with Crippen LogP contribution in [0.5, 0.6) is 0 Å². The third-order valence-electron chi connectivity index (χ3n) is 2.26. The number of rotatable bonds is 4. The number of benzene rings is 1. The molecule has 17 heavy (non-hydrogen) atoms. The van der Waals surface area contributed by atoms with Gasteiger partial charge in [-0.15, -0.1) is 0 Å². The van der Waals surface area contributed by atoms with E-state index >= 15 is 0 Å². The maximum atomic E-state index is 11.0. The van der Waals surface area contributed by atoms with Gasteiger partial charge in [-0.1, -0.05) is 0 Å². The summed E-state index contributed by atoms with van der Waals surface area (Å²) in [5, 5.41) is 8.13. The van der Waals surface area contributed by atoms with E-state index in [1.54, 1.807) is 24.7 Å². The van der Waals surface area contributed by atoms with Crippen molar-refractivity contribution in [2.24, 2.45) is 5.14 Å². The SMILES string of the molecule is NS(=O)(=O)c1ccc(NCc2ccoc2)cc1. The van der Waals surface area contributed by atoms with Gasteiger partial charge in [0.1, 0.15) is 0 Å². The van der Waals surface area contributed by atoms with E-state index in [1.165, 1.54) is 12.1 Å². The quantitative estimate of drug-likeness (QED) is 0.864. The Morgan fingerprint density at radius 3 is 2.41 bits per heavy atom. The van der Waals surface area contributed by atoms with E-state index in [4.69, 9.17) is 9.56 Å². The van der Waals surface area contributed by atoms with Crippen LogP contribution in [0.4, 0.5) is 5.69 Å². The summed E-state index contributed by atoms with van der Waals surface area (Å²) >= 11 is 0. The van der Waals surface area contributed by atoms with Crippen LogP contribution in [0.1, 0.15) is 5.56 Å². The summed E-state index contributed by atoms with van der Waals surface area (Å²) in [4.78, 5) is 0.103. The van der Waals surface area contributed by atoms with Crippen LogP contribution in [0.25, 0.3) is 0 Å². The van der Waals surface area contributed by atoms with Gasteiger partial charge in [0.15, 0.2) is 0 Å². The molecule has 2 rings (SSSR count). The van der Waals surface area contributed by atoms with Crippen LogP contribution in [0.15, 0.2) is 52.2 Å². The summed E-state index contributed by atoms with van der Waals surface area (Å²) in [6, 6.07) is 8.12. The third kappa shape index (κ3) is 3.08. The second-order valence-electron chi connectivity index (χ2n) is 3.55. The van der Waals surface area contributed by atoms with E-state index in [2.05, 4.69) is 5.32 Å². The number of hydrogen-bond donors (Lipinski definition) is 2. The van der Waals surface area contributed by atoms with Crippen LogP contribution in [0.3, 0.4) is 0 Å². The molecule has 0 amide bonds. The number of sulfonamides is 1. The molecule has 0 radical (unpaired) electrons. The van der Waals surface area contributed by atoms with Gasteiger partial charge in [-0.05, 0) is 30.3 Å². The fourth-order valence-electron chi connectivity index (χ4n) is 1.36. The van der Waals surface area contributed by atoms with Crippen molar-refractivity contribution in [2.45, 2.75) is 11.4 Å². The molecule has 0 unspecified atom stereocenters. The predicted octanol–water partition coefficient (Wildman–Crippen LogP) is 1.54. The molecule has 0 saturated heterocycles. The fourth-order valence-corrected chi connectivity index (χ4v) is 1.88. The molecule has 0 aliphatic carbocycles. The molecule has 90 valence electrons. The summed E-state index contributed by atoms with van der Waals surface area (Å²) in [5.41, 5.74) is 1.83. The number of nitrogens with two attached hydrogens (primary N) is 1. The first-order valence-corrected chi connectivity index (χ1v) is 6.48. The first-order chi connectivity index (χ1) is 8.05. The Morgan fingerprint density at radius 2 is 1.88 bits per heavy atom.